The Morgan fingerprint density at radius 2 is 1.76 bits per heavy atom. The lowest BCUT2D eigenvalue weighted by Gasteiger charge is -2.46. The molecule has 1 spiro atoms. The van der Waals surface area contributed by atoms with E-state index < -0.39 is 5.60 Å². The number of amides is 1. The second kappa shape index (κ2) is 5.87. The molecular formula is C21H37NO3. The first kappa shape index (κ1) is 19.0. The standard InChI is InChI=1S/C21H37NO3/c1-13(2)19(7)12-15(5)21(25-19)10-9-11-22-17(16(21)6)20(8,14(3)4)24-18(22)23/h13-17H,9-12H2,1-8H3. The molecule has 3 rings (SSSR count). The lowest BCUT2D eigenvalue weighted by molar-refractivity contribution is -0.165. The van der Waals surface area contributed by atoms with Crippen molar-refractivity contribution in [3.05, 3.63) is 0 Å². The van der Waals surface area contributed by atoms with Crippen LogP contribution in [0.1, 0.15) is 74.7 Å². The molecule has 0 aromatic carbocycles. The number of carbonyl (C=O) groups excluding carboxylic acids is 1. The van der Waals surface area contributed by atoms with E-state index in [0.717, 1.165) is 25.8 Å². The molecule has 3 saturated heterocycles. The van der Waals surface area contributed by atoms with Gasteiger partial charge in [-0.05, 0) is 50.9 Å². The van der Waals surface area contributed by atoms with Crippen LogP contribution in [0.25, 0.3) is 0 Å². The number of hydrogen-bond donors (Lipinski definition) is 0. The van der Waals surface area contributed by atoms with E-state index in [1.165, 1.54) is 0 Å². The molecule has 0 saturated carbocycles. The number of rotatable bonds is 2. The zero-order valence-electron chi connectivity index (χ0n) is 17.4. The zero-order chi connectivity index (χ0) is 18.8. The van der Waals surface area contributed by atoms with Gasteiger partial charge >= 0.3 is 6.09 Å². The smallest absolute Gasteiger partial charge is 0.410 e. The lowest BCUT2D eigenvalue weighted by Crippen LogP contribution is -2.57. The van der Waals surface area contributed by atoms with Crippen molar-refractivity contribution in [2.45, 2.75) is 97.5 Å². The van der Waals surface area contributed by atoms with Crippen LogP contribution in [0.4, 0.5) is 4.79 Å². The normalized spacial score (nSPS) is 47.5. The molecular weight excluding hydrogens is 314 g/mol. The maximum Gasteiger partial charge on any atom is 0.410 e. The maximum absolute atomic E-state index is 12.6. The van der Waals surface area contributed by atoms with E-state index in [0.29, 0.717) is 11.8 Å². The van der Waals surface area contributed by atoms with Crippen molar-refractivity contribution < 1.29 is 14.3 Å². The number of nitrogens with zero attached hydrogens (tertiary/aromatic N) is 1. The maximum atomic E-state index is 12.6. The van der Waals surface area contributed by atoms with Crippen LogP contribution >= 0.6 is 0 Å². The Labute approximate surface area is 153 Å². The molecule has 1 amide bonds. The number of carbonyl (C=O) groups is 1. The molecule has 25 heavy (non-hydrogen) atoms. The molecule has 6 atom stereocenters. The van der Waals surface area contributed by atoms with E-state index in [2.05, 4.69) is 55.4 Å². The minimum Gasteiger partial charge on any atom is -0.441 e. The average molecular weight is 352 g/mol. The number of ether oxygens (including phenoxy) is 2. The summed E-state index contributed by atoms with van der Waals surface area (Å²) >= 11 is 0. The van der Waals surface area contributed by atoms with Gasteiger partial charge in [0, 0.05) is 12.5 Å². The molecule has 0 N–H and O–H groups in total. The van der Waals surface area contributed by atoms with Crippen molar-refractivity contribution in [2.75, 3.05) is 6.54 Å². The Kier molecular flexibility index (Phi) is 4.46. The highest BCUT2D eigenvalue weighted by Crippen LogP contribution is 2.56. The molecule has 0 bridgehead atoms. The highest BCUT2D eigenvalue weighted by Gasteiger charge is 2.64. The van der Waals surface area contributed by atoms with Gasteiger partial charge in [-0.15, -0.1) is 0 Å². The molecule has 144 valence electrons. The Morgan fingerprint density at radius 3 is 2.28 bits per heavy atom. The molecule has 0 aromatic rings. The minimum atomic E-state index is -0.451. The van der Waals surface area contributed by atoms with Crippen LogP contribution in [0.2, 0.25) is 0 Å². The van der Waals surface area contributed by atoms with Crippen molar-refractivity contribution in [1.29, 1.82) is 0 Å². The van der Waals surface area contributed by atoms with Crippen LogP contribution in [0.3, 0.4) is 0 Å². The molecule has 0 radical (unpaired) electrons. The molecule has 4 heteroatoms. The van der Waals surface area contributed by atoms with E-state index in [4.69, 9.17) is 9.47 Å². The van der Waals surface area contributed by atoms with Crippen LogP contribution < -0.4 is 0 Å². The summed E-state index contributed by atoms with van der Waals surface area (Å²) in [6, 6.07) is 0.0828. The van der Waals surface area contributed by atoms with Gasteiger partial charge in [0.1, 0.15) is 5.60 Å². The van der Waals surface area contributed by atoms with Crippen LogP contribution in [-0.2, 0) is 9.47 Å². The summed E-state index contributed by atoms with van der Waals surface area (Å²) in [4.78, 5) is 14.6. The van der Waals surface area contributed by atoms with Crippen molar-refractivity contribution in [3.8, 4) is 0 Å². The van der Waals surface area contributed by atoms with Gasteiger partial charge in [-0.25, -0.2) is 4.79 Å². The quantitative estimate of drug-likeness (QED) is 0.713. The third kappa shape index (κ3) is 2.54. The SMILES string of the molecule is CC(C)C1(C)CC(C)C2(CCCN3C(=O)OC(C)(C(C)C)C3C2C)O1. The van der Waals surface area contributed by atoms with E-state index in [1.807, 2.05) is 4.90 Å². The minimum absolute atomic E-state index is 0.0828. The van der Waals surface area contributed by atoms with Gasteiger partial charge in [-0.3, -0.25) is 0 Å². The van der Waals surface area contributed by atoms with Gasteiger partial charge in [-0.2, -0.15) is 0 Å². The van der Waals surface area contributed by atoms with E-state index in [-0.39, 0.29) is 35.2 Å². The molecule has 3 fully saturated rings. The Balaban J connectivity index is 2.03. The van der Waals surface area contributed by atoms with Crippen molar-refractivity contribution >= 4 is 6.09 Å². The fourth-order valence-electron chi connectivity index (χ4n) is 5.76. The molecule has 0 aliphatic carbocycles. The van der Waals surface area contributed by atoms with E-state index in [1.54, 1.807) is 0 Å². The fraction of sp³-hybridized carbons (Fsp3) is 0.952. The molecule has 0 aromatic heterocycles. The second-order valence-corrected chi connectivity index (χ2v) is 9.87. The van der Waals surface area contributed by atoms with E-state index in [9.17, 15) is 4.79 Å². The third-order valence-electron chi connectivity index (χ3n) is 8.01. The van der Waals surface area contributed by atoms with Crippen molar-refractivity contribution in [1.82, 2.24) is 4.90 Å². The Hall–Kier alpha value is -0.770. The Bertz CT molecular complexity index is 547. The van der Waals surface area contributed by atoms with Crippen molar-refractivity contribution in [3.63, 3.8) is 0 Å². The summed E-state index contributed by atoms with van der Waals surface area (Å²) in [5.41, 5.74) is -0.698. The lowest BCUT2D eigenvalue weighted by atomic mass is 9.68. The first-order valence-electron chi connectivity index (χ1n) is 10.2. The summed E-state index contributed by atoms with van der Waals surface area (Å²) in [5.74, 6) is 1.50. The van der Waals surface area contributed by atoms with Gasteiger partial charge in [-0.1, -0.05) is 41.5 Å². The third-order valence-corrected chi connectivity index (χ3v) is 8.01. The first-order valence-corrected chi connectivity index (χ1v) is 10.2. The van der Waals surface area contributed by atoms with Gasteiger partial charge in [0.15, 0.2) is 0 Å². The first-order chi connectivity index (χ1) is 11.5. The molecule has 4 nitrogen and oxygen atoms in total. The molecule has 6 unspecified atom stereocenters. The summed E-state index contributed by atoms with van der Waals surface area (Å²) in [7, 11) is 0. The highest BCUT2D eigenvalue weighted by molar-refractivity contribution is 5.72. The zero-order valence-corrected chi connectivity index (χ0v) is 17.4. The second-order valence-electron chi connectivity index (χ2n) is 9.87. The van der Waals surface area contributed by atoms with Gasteiger partial charge < -0.3 is 14.4 Å². The summed E-state index contributed by atoms with van der Waals surface area (Å²) in [6.07, 6.45) is 2.98. The average Bonchev–Trinajstić information content (AvgIpc) is 2.85. The van der Waals surface area contributed by atoms with Crippen LogP contribution in [0.15, 0.2) is 0 Å². The largest absolute Gasteiger partial charge is 0.441 e. The highest BCUT2D eigenvalue weighted by atomic mass is 16.6. The van der Waals surface area contributed by atoms with Crippen LogP contribution in [0, 0.1) is 23.7 Å². The molecule has 3 aliphatic rings. The Morgan fingerprint density at radius 1 is 1.12 bits per heavy atom. The summed E-state index contributed by atoms with van der Waals surface area (Å²) < 4.78 is 12.9. The number of cyclic esters (lactones) is 1. The predicted octanol–water partition coefficient (Wildman–Crippen LogP) is 4.86. The van der Waals surface area contributed by atoms with Crippen molar-refractivity contribution in [2.24, 2.45) is 23.7 Å². The fourth-order valence-corrected chi connectivity index (χ4v) is 5.76. The summed E-state index contributed by atoms with van der Waals surface area (Å²) in [5, 5.41) is 0. The monoisotopic (exact) mass is 351 g/mol. The number of fused-ring (bicyclic) bond motifs is 1. The van der Waals surface area contributed by atoms with Crippen LogP contribution in [0.5, 0.6) is 0 Å². The van der Waals surface area contributed by atoms with E-state index >= 15 is 0 Å². The van der Waals surface area contributed by atoms with Gasteiger partial charge in [0.25, 0.3) is 0 Å². The molecule has 3 aliphatic heterocycles. The number of hydrogen-bond acceptors (Lipinski definition) is 3. The van der Waals surface area contributed by atoms with Gasteiger partial charge in [0.2, 0.25) is 0 Å². The topological polar surface area (TPSA) is 38.8 Å². The summed E-state index contributed by atoms with van der Waals surface area (Å²) in [6.45, 7) is 18.7. The predicted molar refractivity (Wildman–Crippen MR) is 99.5 cm³/mol. The van der Waals surface area contributed by atoms with Gasteiger partial charge in [0.05, 0.1) is 17.2 Å². The molecule has 3 heterocycles. The van der Waals surface area contributed by atoms with Crippen LogP contribution in [-0.4, -0.2) is 40.4 Å².